The van der Waals surface area contributed by atoms with Crippen molar-refractivity contribution in [3.8, 4) is 0 Å². The van der Waals surface area contributed by atoms with Crippen LogP contribution in [0.25, 0.3) is 6.08 Å². The summed E-state index contributed by atoms with van der Waals surface area (Å²) in [5.41, 5.74) is 1.84. The first kappa shape index (κ1) is 24.2. The van der Waals surface area contributed by atoms with Crippen molar-refractivity contribution in [2.45, 2.75) is 32.1 Å². The van der Waals surface area contributed by atoms with Crippen LogP contribution < -0.4 is 5.32 Å². The van der Waals surface area contributed by atoms with E-state index < -0.39 is 10.0 Å². The summed E-state index contributed by atoms with van der Waals surface area (Å²) < 4.78 is 26.8. The molecule has 2 aromatic carbocycles. The molecule has 0 aromatic heterocycles. The van der Waals surface area contributed by atoms with E-state index in [0.717, 1.165) is 37.9 Å². The fourth-order valence-corrected chi connectivity index (χ4v) is 5.69. The quantitative estimate of drug-likeness (QED) is 0.677. The number of nitrogens with zero attached hydrogens (tertiary/aromatic N) is 2. The molecule has 2 heterocycles. The zero-order valence-corrected chi connectivity index (χ0v) is 20.0. The lowest BCUT2D eigenvalue weighted by molar-refractivity contribution is -0.120. The molecule has 0 spiro atoms. The number of anilines is 1. The van der Waals surface area contributed by atoms with E-state index in [9.17, 15) is 18.0 Å². The molecule has 0 bridgehead atoms. The van der Waals surface area contributed by atoms with Crippen LogP contribution >= 0.6 is 0 Å². The maximum absolute atomic E-state index is 13.0. The van der Waals surface area contributed by atoms with Gasteiger partial charge in [-0.15, -0.1) is 0 Å². The van der Waals surface area contributed by atoms with Gasteiger partial charge in [0.1, 0.15) is 0 Å². The number of carbonyl (C=O) groups excluding carboxylic acids is 2. The molecule has 4 rings (SSSR count). The second-order valence-electron chi connectivity index (χ2n) is 8.82. The van der Waals surface area contributed by atoms with Crippen LogP contribution in [-0.4, -0.2) is 55.6 Å². The highest BCUT2D eigenvalue weighted by Crippen LogP contribution is 2.25. The Bertz CT molecular complexity index is 1130. The number of piperidine rings is 2. The molecule has 8 heteroatoms. The molecule has 2 aliphatic heterocycles. The Morgan fingerprint density at radius 3 is 2.21 bits per heavy atom. The van der Waals surface area contributed by atoms with Gasteiger partial charge >= 0.3 is 0 Å². The predicted octanol–water partition coefficient (Wildman–Crippen LogP) is 3.96. The molecule has 0 radical (unpaired) electrons. The van der Waals surface area contributed by atoms with E-state index in [1.54, 1.807) is 30.3 Å². The highest BCUT2D eigenvalue weighted by molar-refractivity contribution is 7.92. The van der Waals surface area contributed by atoms with Crippen molar-refractivity contribution in [1.29, 1.82) is 0 Å². The van der Waals surface area contributed by atoms with Gasteiger partial charge in [0, 0.05) is 37.5 Å². The number of amides is 2. The normalized spacial score (nSPS) is 18.2. The Labute approximate surface area is 201 Å². The van der Waals surface area contributed by atoms with Gasteiger partial charge in [-0.2, -0.15) is 4.31 Å². The lowest BCUT2D eigenvalue weighted by Crippen LogP contribution is -2.41. The van der Waals surface area contributed by atoms with Gasteiger partial charge in [0.05, 0.1) is 11.3 Å². The molecule has 2 aliphatic rings. The molecule has 180 valence electrons. The Hall–Kier alpha value is -2.97. The van der Waals surface area contributed by atoms with Crippen LogP contribution in [0.1, 0.15) is 48.0 Å². The van der Waals surface area contributed by atoms with Crippen molar-refractivity contribution in [2.75, 3.05) is 31.5 Å². The van der Waals surface area contributed by atoms with E-state index in [1.807, 2.05) is 35.2 Å². The van der Waals surface area contributed by atoms with Crippen LogP contribution in [0.2, 0.25) is 0 Å². The summed E-state index contributed by atoms with van der Waals surface area (Å²) in [4.78, 5) is 27.8. The third kappa shape index (κ3) is 5.93. The topological polar surface area (TPSA) is 86.8 Å². The smallest absolute Gasteiger partial charge is 0.255 e. The molecular formula is C26H31N3O4S. The second kappa shape index (κ2) is 11.0. The first-order chi connectivity index (χ1) is 16.4. The number of benzene rings is 2. The maximum atomic E-state index is 13.0. The molecule has 0 atom stereocenters. The highest BCUT2D eigenvalue weighted by atomic mass is 32.2. The fraction of sp³-hybridized carbons (Fsp3) is 0.385. The third-order valence-corrected chi connectivity index (χ3v) is 8.04. The zero-order valence-electron chi connectivity index (χ0n) is 19.2. The van der Waals surface area contributed by atoms with Crippen LogP contribution in [0.5, 0.6) is 0 Å². The summed E-state index contributed by atoms with van der Waals surface area (Å²) in [6.45, 7) is 2.06. The van der Waals surface area contributed by atoms with Gasteiger partial charge in [-0.3, -0.25) is 9.59 Å². The standard InChI is InChI=1S/C26H31N3O4S/c30-25(27-24-12-6-5-11-23(24)26(31)28-16-7-2-8-17-28)22-13-18-29(19-14-22)34(32,33)20-15-21-9-3-1-4-10-21/h1,3-6,9-12,15,20,22H,2,7-8,13-14,16-19H2,(H,27,30)/b20-15+. The average Bonchev–Trinajstić information content (AvgIpc) is 2.88. The lowest BCUT2D eigenvalue weighted by atomic mass is 9.97. The number of hydrogen-bond acceptors (Lipinski definition) is 4. The molecule has 0 unspecified atom stereocenters. The summed E-state index contributed by atoms with van der Waals surface area (Å²) in [7, 11) is -3.55. The number of likely N-dealkylation sites (tertiary alicyclic amines) is 1. The number of hydrogen-bond donors (Lipinski definition) is 1. The summed E-state index contributed by atoms with van der Waals surface area (Å²) in [5.74, 6) is -0.528. The van der Waals surface area contributed by atoms with Gasteiger partial charge in [-0.25, -0.2) is 8.42 Å². The summed E-state index contributed by atoms with van der Waals surface area (Å²) in [6.07, 6.45) is 5.60. The van der Waals surface area contributed by atoms with Crippen LogP contribution in [-0.2, 0) is 14.8 Å². The lowest BCUT2D eigenvalue weighted by Gasteiger charge is -2.30. The summed E-state index contributed by atoms with van der Waals surface area (Å²) >= 11 is 0. The van der Waals surface area contributed by atoms with Crippen molar-refractivity contribution >= 4 is 33.6 Å². The second-order valence-corrected chi connectivity index (χ2v) is 10.6. The Morgan fingerprint density at radius 2 is 1.50 bits per heavy atom. The van der Waals surface area contributed by atoms with E-state index in [0.29, 0.717) is 24.1 Å². The average molecular weight is 482 g/mol. The van der Waals surface area contributed by atoms with E-state index >= 15 is 0 Å². The monoisotopic (exact) mass is 481 g/mol. The van der Waals surface area contributed by atoms with Gasteiger partial charge in [0.15, 0.2) is 0 Å². The number of rotatable bonds is 6. The summed E-state index contributed by atoms with van der Waals surface area (Å²) in [6, 6.07) is 16.4. The van der Waals surface area contributed by atoms with Crippen molar-refractivity contribution in [1.82, 2.24) is 9.21 Å². The minimum Gasteiger partial charge on any atom is -0.339 e. The first-order valence-electron chi connectivity index (χ1n) is 11.9. The van der Waals surface area contributed by atoms with Crippen molar-refractivity contribution in [3.05, 3.63) is 71.1 Å². The largest absolute Gasteiger partial charge is 0.339 e. The Kier molecular flexibility index (Phi) is 7.80. The fourth-order valence-electron chi connectivity index (χ4n) is 4.47. The molecule has 2 fully saturated rings. The molecule has 0 saturated carbocycles. The molecule has 2 amide bonds. The highest BCUT2D eigenvalue weighted by Gasteiger charge is 2.30. The van der Waals surface area contributed by atoms with Crippen LogP contribution in [0.4, 0.5) is 5.69 Å². The first-order valence-corrected chi connectivity index (χ1v) is 13.4. The van der Waals surface area contributed by atoms with Crippen LogP contribution in [0, 0.1) is 5.92 Å². The Morgan fingerprint density at radius 1 is 0.853 bits per heavy atom. The minimum atomic E-state index is -3.55. The molecule has 7 nitrogen and oxygen atoms in total. The third-order valence-electron chi connectivity index (χ3n) is 6.48. The number of sulfonamides is 1. The molecule has 2 aromatic rings. The van der Waals surface area contributed by atoms with Gasteiger partial charge in [0.25, 0.3) is 5.91 Å². The maximum Gasteiger partial charge on any atom is 0.255 e. The van der Waals surface area contributed by atoms with Gasteiger partial charge in [0.2, 0.25) is 15.9 Å². The van der Waals surface area contributed by atoms with Crippen molar-refractivity contribution in [3.63, 3.8) is 0 Å². The number of nitrogens with one attached hydrogen (secondary N) is 1. The molecule has 0 aliphatic carbocycles. The van der Waals surface area contributed by atoms with Crippen LogP contribution in [0.15, 0.2) is 60.0 Å². The molecule has 2 saturated heterocycles. The van der Waals surface area contributed by atoms with E-state index in [2.05, 4.69) is 5.32 Å². The van der Waals surface area contributed by atoms with Crippen molar-refractivity contribution < 1.29 is 18.0 Å². The Balaban J connectivity index is 1.35. The van der Waals surface area contributed by atoms with Gasteiger partial charge in [-0.1, -0.05) is 42.5 Å². The zero-order chi connectivity index (χ0) is 24.0. The number of para-hydroxylation sites is 1. The van der Waals surface area contributed by atoms with E-state index in [4.69, 9.17) is 0 Å². The molecule has 1 N–H and O–H groups in total. The van der Waals surface area contributed by atoms with Gasteiger partial charge in [-0.05, 0) is 55.9 Å². The molecular weight excluding hydrogens is 450 g/mol. The predicted molar refractivity (Wildman–Crippen MR) is 134 cm³/mol. The van der Waals surface area contributed by atoms with E-state index in [-0.39, 0.29) is 30.8 Å². The van der Waals surface area contributed by atoms with Gasteiger partial charge < -0.3 is 10.2 Å². The van der Waals surface area contributed by atoms with E-state index in [1.165, 1.54) is 9.71 Å². The minimum absolute atomic E-state index is 0.0540. The van der Waals surface area contributed by atoms with Crippen LogP contribution in [0.3, 0.4) is 0 Å². The summed E-state index contributed by atoms with van der Waals surface area (Å²) in [5, 5.41) is 4.16. The SMILES string of the molecule is O=C(Nc1ccccc1C(=O)N1CCCCC1)C1CCN(S(=O)(=O)/C=C/c2ccccc2)CC1. The molecule has 34 heavy (non-hydrogen) atoms. The number of carbonyl (C=O) groups is 2. The van der Waals surface area contributed by atoms with Crippen molar-refractivity contribution in [2.24, 2.45) is 5.92 Å².